The van der Waals surface area contributed by atoms with Gasteiger partial charge in [-0.2, -0.15) is 0 Å². The molecule has 0 aliphatic heterocycles. The van der Waals surface area contributed by atoms with E-state index in [0.717, 1.165) is 10.4 Å². The van der Waals surface area contributed by atoms with Crippen LogP contribution in [-0.2, 0) is 9.53 Å². The summed E-state index contributed by atoms with van der Waals surface area (Å²) < 4.78 is 10.3. The summed E-state index contributed by atoms with van der Waals surface area (Å²) in [5.74, 6) is -0.756. The molecule has 0 spiro atoms. The first kappa shape index (κ1) is 19.9. The van der Waals surface area contributed by atoms with Crippen molar-refractivity contribution in [3.63, 3.8) is 0 Å². The molecule has 3 rings (SSSR count). The summed E-state index contributed by atoms with van der Waals surface area (Å²) in [7, 11) is 1.44. The van der Waals surface area contributed by atoms with E-state index >= 15 is 0 Å². The van der Waals surface area contributed by atoms with E-state index in [0.29, 0.717) is 10.8 Å². The van der Waals surface area contributed by atoms with Crippen LogP contribution in [0.5, 0.6) is 5.75 Å². The van der Waals surface area contributed by atoms with E-state index in [1.165, 1.54) is 13.2 Å². The maximum atomic E-state index is 12.4. The van der Waals surface area contributed by atoms with Gasteiger partial charge in [0.05, 0.1) is 13.2 Å². The molecule has 2 aromatic carbocycles. The van der Waals surface area contributed by atoms with Crippen LogP contribution >= 0.6 is 22.9 Å². The number of benzene rings is 2. The average Bonchev–Trinajstić information content (AvgIpc) is 3.25. The molecule has 0 saturated heterocycles. The van der Waals surface area contributed by atoms with Crippen LogP contribution in [0.4, 0.5) is 0 Å². The summed E-state index contributed by atoms with van der Waals surface area (Å²) in [6.07, 6.45) is 0. The molecule has 1 amide bonds. The summed E-state index contributed by atoms with van der Waals surface area (Å²) in [4.78, 5) is 25.8. The molecule has 1 N–H and O–H groups in total. The first-order chi connectivity index (χ1) is 13.6. The second-order valence-corrected chi connectivity index (χ2v) is 7.26. The number of esters is 1. The Kier molecular flexibility index (Phi) is 6.68. The monoisotopic (exact) mass is 415 g/mol. The zero-order chi connectivity index (χ0) is 19.9. The smallest absolute Gasteiger partial charge is 0.342 e. The Balaban J connectivity index is 1.67. The van der Waals surface area contributed by atoms with Crippen molar-refractivity contribution in [2.75, 3.05) is 13.7 Å². The zero-order valence-electron chi connectivity index (χ0n) is 15.1. The second-order valence-electron chi connectivity index (χ2n) is 5.85. The van der Waals surface area contributed by atoms with Crippen LogP contribution in [0.25, 0.3) is 0 Å². The zero-order valence-corrected chi connectivity index (χ0v) is 16.6. The van der Waals surface area contributed by atoms with Crippen molar-refractivity contribution in [2.24, 2.45) is 0 Å². The highest BCUT2D eigenvalue weighted by atomic mass is 35.5. The van der Waals surface area contributed by atoms with Gasteiger partial charge >= 0.3 is 5.97 Å². The van der Waals surface area contributed by atoms with Crippen LogP contribution in [0.3, 0.4) is 0 Å². The van der Waals surface area contributed by atoms with Crippen molar-refractivity contribution in [3.8, 4) is 5.75 Å². The Hall–Kier alpha value is -2.83. The van der Waals surface area contributed by atoms with Gasteiger partial charge in [-0.3, -0.25) is 4.79 Å². The molecule has 1 heterocycles. The molecular formula is C21H18ClNO4S. The standard InChI is InChI=1S/C21H18ClNO4S/c1-26-17-10-9-15(22)12-16(17)21(25)27-13-19(24)23-20(18-8-5-11-28-18)14-6-3-2-4-7-14/h2-12,20H,13H2,1H3,(H,23,24)/t20-/m0/s1. The third kappa shape index (κ3) is 4.91. The largest absolute Gasteiger partial charge is 0.496 e. The number of nitrogens with one attached hydrogen (secondary N) is 1. The lowest BCUT2D eigenvalue weighted by Gasteiger charge is -2.18. The molecule has 0 fully saturated rings. The van der Waals surface area contributed by atoms with E-state index in [9.17, 15) is 9.59 Å². The molecule has 0 saturated carbocycles. The Morgan fingerprint density at radius 3 is 2.57 bits per heavy atom. The summed E-state index contributed by atoms with van der Waals surface area (Å²) in [5.41, 5.74) is 1.11. The molecule has 3 aromatic rings. The Bertz CT molecular complexity index is 944. The molecule has 0 unspecified atom stereocenters. The molecule has 28 heavy (non-hydrogen) atoms. The van der Waals surface area contributed by atoms with Crippen LogP contribution in [0.1, 0.15) is 26.8 Å². The summed E-state index contributed by atoms with van der Waals surface area (Å²) in [6, 6.07) is 17.8. The highest BCUT2D eigenvalue weighted by molar-refractivity contribution is 7.10. The van der Waals surface area contributed by atoms with Gasteiger partial charge in [-0.05, 0) is 35.2 Å². The van der Waals surface area contributed by atoms with Gasteiger partial charge in [-0.15, -0.1) is 11.3 Å². The summed E-state index contributed by atoms with van der Waals surface area (Å²) in [6.45, 7) is -0.413. The van der Waals surface area contributed by atoms with Crippen LogP contribution in [-0.4, -0.2) is 25.6 Å². The predicted molar refractivity (Wildman–Crippen MR) is 109 cm³/mol. The average molecular weight is 416 g/mol. The van der Waals surface area contributed by atoms with Gasteiger partial charge in [-0.25, -0.2) is 4.79 Å². The van der Waals surface area contributed by atoms with Crippen LogP contribution in [0.15, 0.2) is 66.0 Å². The topological polar surface area (TPSA) is 64.6 Å². The van der Waals surface area contributed by atoms with Gasteiger partial charge in [0.2, 0.25) is 0 Å². The number of rotatable bonds is 7. The van der Waals surface area contributed by atoms with Crippen molar-refractivity contribution >= 4 is 34.8 Å². The molecule has 7 heteroatoms. The van der Waals surface area contributed by atoms with Gasteiger partial charge < -0.3 is 14.8 Å². The lowest BCUT2D eigenvalue weighted by Crippen LogP contribution is -2.32. The highest BCUT2D eigenvalue weighted by Crippen LogP contribution is 2.26. The van der Waals surface area contributed by atoms with Gasteiger partial charge in [0, 0.05) is 9.90 Å². The van der Waals surface area contributed by atoms with E-state index in [1.807, 2.05) is 47.8 Å². The number of ether oxygens (including phenoxy) is 2. The molecule has 5 nitrogen and oxygen atoms in total. The number of methoxy groups -OCH3 is 1. The van der Waals surface area contributed by atoms with Gasteiger partial charge in [-0.1, -0.05) is 48.0 Å². The molecule has 144 valence electrons. The van der Waals surface area contributed by atoms with E-state index in [-0.39, 0.29) is 11.6 Å². The summed E-state index contributed by atoms with van der Waals surface area (Å²) >= 11 is 7.47. The first-order valence-corrected chi connectivity index (χ1v) is 9.72. The number of amides is 1. The lowest BCUT2D eigenvalue weighted by molar-refractivity contribution is -0.124. The third-order valence-electron chi connectivity index (χ3n) is 3.98. The minimum atomic E-state index is -0.679. The van der Waals surface area contributed by atoms with Crippen LogP contribution in [0, 0.1) is 0 Å². The Labute approximate surface area is 171 Å². The summed E-state index contributed by atoms with van der Waals surface area (Å²) in [5, 5.41) is 5.24. The predicted octanol–water partition coefficient (Wildman–Crippen LogP) is 4.47. The minimum Gasteiger partial charge on any atom is -0.496 e. The van der Waals surface area contributed by atoms with E-state index in [1.54, 1.807) is 23.5 Å². The molecule has 1 atom stereocenters. The van der Waals surface area contributed by atoms with E-state index in [4.69, 9.17) is 21.1 Å². The Morgan fingerprint density at radius 1 is 1.11 bits per heavy atom. The maximum Gasteiger partial charge on any atom is 0.342 e. The molecule has 1 aromatic heterocycles. The number of hydrogen-bond donors (Lipinski definition) is 1. The lowest BCUT2D eigenvalue weighted by atomic mass is 10.1. The quantitative estimate of drug-likeness (QED) is 0.578. The molecule has 0 bridgehead atoms. The number of halogens is 1. The molecule has 0 aliphatic carbocycles. The number of hydrogen-bond acceptors (Lipinski definition) is 5. The fourth-order valence-electron chi connectivity index (χ4n) is 2.67. The second kappa shape index (κ2) is 9.39. The SMILES string of the molecule is COc1ccc(Cl)cc1C(=O)OCC(=O)N[C@@H](c1ccccc1)c1cccs1. The van der Waals surface area contributed by atoms with Crippen molar-refractivity contribution < 1.29 is 19.1 Å². The number of carbonyl (C=O) groups is 2. The van der Waals surface area contributed by atoms with Gasteiger partial charge in [0.15, 0.2) is 6.61 Å². The van der Waals surface area contributed by atoms with Crippen LogP contribution < -0.4 is 10.1 Å². The maximum absolute atomic E-state index is 12.4. The van der Waals surface area contributed by atoms with Crippen molar-refractivity contribution in [3.05, 3.63) is 87.1 Å². The highest BCUT2D eigenvalue weighted by Gasteiger charge is 2.20. The third-order valence-corrected chi connectivity index (χ3v) is 5.15. The fourth-order valence-corrected chi connectivity index (χ4v) is 3.65. The van der Waals surface area contributed by atoms with Crippen molar-refractivity contribution in [2.45, 2.75) is 6.04 Å². The number of carbonyl (C=O) groups excluding carboxylic acids is 2. The minimum absolute atomic E-state index is 0.167. The van der Waals surface area contributed by atoms with Gasteiger partial charge in [0.1, 0.15) is 11.3 Å². The van der Waals surface area contributed by atoms with Gasteiger partial charge in [0.25, 0.3) is 5.91 Å². The Morgan fingerprint density at radius 2 is 1.89 bits per heavy atom. The fraction of sp³-hybridized carbons (Fsp3) is 0.143. The number of thiophene rings is 1. The van der Waals surface area contributed by atoms with E-state index in [2.05, 4.69) is 5.32 Å². The van der Waals surface area contributed by atoms with Crippen molar-refractivity contribution in [1.82, 2.24) is 5.32 Å². The van der Waals surface area contributed by atoms with Crippen LogP contribution in [0.2, 0.25) is 5.02 Å². The molecule has 0 aliphatic rings. The molecular weight excluding hydrogens is 398 g/mol. The first-order valence-electron chi connectivity index (χ1n) is 8.47. The van der Waals surface area contributed by atoms with E-state index < -0.39 is 18.5 Å². The normalized spacial score (nSPS) is 11.5. The van der Waals surface area contributed by atoms with Crippen molar-refractivity contribution in [1.29, 1.82) is 0 Å². The molecule has 0 radical (unpaired) electrons.